The number of pyridine rings is 1. The van der Waals surface area contributed by atoms with E-state index < -0.39 is 0 Å². The van der Waals surface area contributed by atoms with Gasteiger partial charge < -0.3 is 9.32 Å². The van der Waals surface area contributed by atoms with Crippen LogP contribution in [0, 0.1) is 5.92 Å². The molecular weight excluding hydrogens is 302 g/mol. The molecule has 1 saturated heterocycles. The van der Waals surface area contributed by atoms with Crippen LogP contribution >= 0.6 is 0 Å². The fourth-order valence-corrected chi connectivity index (χ4v) is 3.29. The number of carbonyl (C=O) groups is 1. The molecule has 3 heterocycles. The fraction of sp³-hybridized carbons (Fsp3) is 0.474. The first-order valence-electron chi connectivity index (χ1n) is 8.61. The van der Waals surface area contributed by atoms with Crippen molar-refractivity contribution < 1.29 is 9.21 Å². The van der Waals surface area contributed by atoms with Gasteiger partial charge in [-0.2, -0.15) is 0 Å². The van der Waals surface area contributed by atoms with E-state index in [4.69, 9.17) is 4.42 Å². The Morgan fingerprint density at radius 2 is 2.21 bits per heavy atom. The van der Waals surface area contributed by atoms with E-state index in [1.165, 1.54) is 5.56 Å². The van der Waals surface area contributed by atoms with E-state index in [1.54, 1.807) is 18.7 Å². The van der Waals surface area contributed by atoms with Crippen LogP contribution < -0.4 is 0 Å². The zero-order valence-corrected chi connectivity index (χ0v) is 14.2. The molecule has 0 aliphatic carbocycles. The normalized spacial score (nSPS) is 18.5. The van der Waals surface area contributed by atoms with Crippen molar-refractivity contribution >= 4 is 5.91 Å². The molecule has 0 N–H and O–H groups in total. The number of carbonyl (C=O) groups excluding carboxylic acids is 1. The molecule has 0 bridgehead atoms. The van der Waals surface area contributed by atoms with Gasteiger partial charge >= 0.3 is 0 Å². The van der Waals surface area contributed by atoms with E-state index in [1.807, 2.05) is 36.2 Å². The molecular formula is C19H25N3O2. The highest BCUT2D eigenvalue weighted by atomic mass is 16.3. The smallest absolute Gasteiger partial charge is 0.226 e. The molecule has 128 valence electrons. The lowest BCUT2D eigenvalue weighted by Gasteiger charge is -2.33. The first-order valence-corrected chi connectivity index (χ1v) is 8.61. The molecule has 2 aromatic heterocycles. The molecule has 0 saturated carbocycles. The summed E-state index contributed by atoms with van der Waals surface area (Å²) in [5.74, 6) is 1.32. The lowest BCUT2D eigenvalue weighted by atomic mass is 9.96. The van der Waals surface area contributed by atoms with Gasteiger partial charge in [0, 0.05) is 32.5 Å². The van der Waals surface area contributed by atoms with Gasteiger partial charge in [-0.25, -0.2) is 0 Å². The van der Waals surface area contributed by atoms with Crippen LogP contribution in [0.1, 0.15) is 24.2 Å². The van der Waals surface area contributed by atoms with Gasteiger partial charge in [-0.1, -0.05) is 0 Å². The summed E-state index contributed by atoms with van der Waals surface area (Å²) in [5.41, 5.74) is 1.22. The third-order valence-corrected chi connectivity index (χ3v) is 4.68. The molecule has 1 aliphatic rings. The van der Waals surface area contributed by atoms with Crippen LogP contribution in [0.25, 0.3) is 0 Å². The Hall–Kier alpha value is -2.14. The number of rotatable bonds is 6. The topological polar surface area (TPSA) is 49.6 Å². The first kappa shape index (κ1) is 16.7. The predicted molar refractivity (Wildman–Crippen MR) is 92.3 cm³/mol. The minimum absolute atomic E-state index is 0.0937. The molecule has 3 rings (SSSR count). The van der Waals surface area contributed by atoms with Crippen LogP contribution in [0.4, 0.5) is 0 Å². The molecule has 24 heavy (non-hydrogen) atoms. The number of hydrogen-bond acceptors (Lipinski definition) is 4. The van der Waals surface area contributed by atoms with Crippen molar-refractivity contribution in [2.75, 3.05) is 26.7 Å². The summed E-state index contributed by atoms with van der Waals surface area (Å²) in [4.78, 5) is 21.0. The van der Waals surface area contributed by atoms with Crippen molar-refractivity contribution in [3.63, 3.8) is 0 Å². The van der Waals surface area contributed by atoms with E-state index in [9.17, 15) is 4.79 Å². The van der Waals surface area contributed by atoms with Crippen molar-refractivity contribution in [1.82, 2.24) is 14.8 Å². The summed E-state index contributed by atoms with van der Waals surface area (Å²) in [5, 5.41) is 0. The van der Waals surface area contributed by atoms with Crippen LogP contribution in [0.5, 0.6) is 0 Å². The van der Waals surface area contributed by atoms with Crippen molar-refractivity contribution in [1.29, 1.82) is 0 Å². The Kier molecular flexibility index (Phi) is 5.64. The Bertz CT molecular complexity index is 627. The summed E-state index contributed by atoms with van der Waals surface area (Å²) < 4.78 is 5.42. The molecule has 1 atom stereocenters. The van der Waals surface area contributed by atoms with E-state index in [-0.39, 0.29) is 11.8 Å². The number of nitrogens with zero attached hydrogens (tertiary/aromatic N) is 3. The third kappa shape index (κ3) is 4.45. The SMILES string of the molecule is CN(CCc1ccncc1)C(=O)C1CCCN(Cc2ccco2)C1. The van der Waals surface area contributed by atoms with Crippen LogP contribution in [-0.4, -0.2) is 47.4 Å². The zero-order valence-electron chi connectivity index (χ0n) is 14.2. The second kappa shape index (κ2) is 8.11. The standard InChI is InChI=1S/C19H25N3O2/c1-21(12-8-16-6-9-20-10-7-16)19(23)17-4-2-11-22(14-17)15-18-5-3-13-24-18/h3,5-7,9-10,13,17H,2,4,8,11-12,14-15H2,1H3. The van der Waals surface area contributed by atoms with Crippen molar-refractivity contribution in [2.45, 2.75) is 25.8 Å². The Morgan fingerprint density at radius 1 is 1.38 bits per heavy atom. The molecule has 5 nitrogen and oxygen atoms in total. The Morgan fingerprint density at radius 3 is 2.96 bits per heavy atom. The van der Waals surface area contributed by atoms with E-state index in [0.717, 1.165) is 51.2 Å². The number of likely N-dealkylation sites (N-methyl/N-ethyl adjacent to an activating group) is 1. The Labute approximate surface area is 143 Å². The average Bonchev–Trinajstić information content (AvgIpc) is 3.13. The minimum atomic E-state index is 0.0937. The number of likely N-dealkylation sites (tertiary alicyclic amines) is 1. The third-order valence-electron chi connectivity index (χ3n) is 4.68. The highest BCUT2D eigenvalue weighted by Crippen LogP contribution is 2.20. The molecule has 0 radical (unpaired) electrons. The second-order valence-electron chi connectivity index (χ2n) is 6.52. The predicted octanol–water partition coefficient (Wildman–Crippen LogP) is 2.59. The van der Waals surface area contributed by atoms with E-state index in [2.05, 4.69) is 9.88 Å². The quantitative estimate of drug-likeness (QED) is 0.818. The van der Waals surface area contributed by atoms with Gasteiger partial charge in [0.2, 0.25) is 5.91 Å². The number of piperidine rings is 1. The van der Waals surface area contributed by atoms with E-state index >= 15 is 0 Å². The van der Waals surface area contributed by atoms with Crippen LogP contribution in [-0.2, 0) is 17.8 Å². The zero-order chi connectivity index (χ0) is 16.8. The molecule has 1 amide bonds. The average molecular weight is 327 g/mol. The van der Waals surface area contributed by atoms with Crippen molar-refractivity contribution in [3.8, 4) is 0 Å². The summed E-state index contributed by atoms with van der Waals surface area (Å²) in [6, 6.07) is 7.91. The molecule has 0 aromatic carbocycles. The molecule has 0 spiro atoms. The lowest BCUT2D eigenvalue weighted by Crippen LogP contribution is -2.43. The van der Waals surface area contributed by atoms with Gasteiger partial charge in [0.15, 0.2) is 0 Å². The number of furan rings is 1. The molecule has 2 aromatic rings. The van der Waals surface area contributed by atoms with Gasteiger partial charge in [0.05, 0.1) is 18.7 Å². The summed E-state index contributed by atoms with van der Waals surface area (Å²) in [6.07, 6.45) is 8.21. The summed E-state index contributed by atoms with van der Waals surface area (Å²) in [6.45, 7) is 3.39. The highest BCUT2D eigenvalue weighted by molar-refractivity contribution is 5.78. The van der Waals surface area contributed by atoms with Crippen LogP contribution in [0.2, 0.25) is 0 Å². The first-order chi connectivity index (χ1) is 11.7. The largest absolute Gasteiger partial charge is 0.468 e. The van der Waals surface area contributed by atoms with Crippen LogP contribution in [0.15, 0.2) is 47.3 Å². The van der Waals surface area contributed by atoms with Gasteiger partial charge in [-0.15, -0.1) is 0 Å². The number of amides is 1. The molecule has 5 heteroatoms. The van der Waals surface area contributed by atoms with Crippen LogP contribution in [0.3, 0.4) is 0 Å². The van der Waals surface area contributed by atoms with Crippen molar-refractivity contribution in [2.24, 2.45) is 5.92 Å². The molecule has 1 unspecified atom stereocenters. The summed E-state index contributed by atoms with van der Waals surface area (Å²) >= 11 is 0. The van der Waals surface area contributed by atoms with Gasteiger partial charge in [0.25, 0.3) is 0 Å². The number of aromatic nitrogens is 1. The van der Waals surface area contributed by atoms with Gasteiger partial charge in [-0.05, 0) is 55.6 Å². The molecule has 1 fully saturated rings. The fourth-order valence-electron chi connectivity index (χ4n) is 3.29. The van der Waals surface area contributed by atoms with Crippen molar-refractivity contribution in [3.05, 3.63) is 54.2 Å². The van der Waals surface area contributed by atoms with E-state index in [0.29, 0.717) is 0 Å². The van der Waals surface area contributed by atoms with Gasteiger partial charge in [-0.3, -0.25) is 14.7 Å². The highest BCUT2D eigenvalue weighted by Gasteiger charge is 2.28. The number of hydrogen-bond donors (Lipinski definition) is 0. The molecule has 1 aliphatic heterocycles. The van der Waals surface area contributed by atoms with Gasteiger partial charge in [0.1, 0.15) is 5.76 Å². The second-order valence-corrected chi connectivity index (χ2v) is 6.52. The minimum Gasteiger partial charge on any atom is -0.468 e. The lowest BCUT2D eigenvalue weighted by molar-refractivity contribution is -0.136. The monoisotopic (exact) mass is 327 g/mol. The maximum atomic E-state index is 12.7. The summed E-state index contributed by atoms with van der Waals surface area (Å²) in [7, 11) is 1.91. The maximum absolute atomic E-state index is 12.7. The maximum Gasteiger partial charge on any atom is 0.226 e. The Balaban J connectivity index is 1.49.